The number of esters is 1. The lowest BCUT2D eigenvalue weighted by Crippen LogP contribution is -2.12. The fraction of sp³-hybridized carbons (Fsp3) is 0.385. The van der Waals surface area contributed by atoms with Crippen LogP contribution in [-0.2, 0) is 9.53 Å². The molecule has 0 fully saturated rings. The highest BCUT2D eigenvalue weighted by atomic mass is 79.9. The van der Waals surface area contributed by atoms with Gasteiger partial charge in [-0.1, -0.05) is 6.92 Å². The van der Waals surface area contributed by atoms with E-state index in [0.717, 1.165) is 0 Å². The van der Waals surface area contributed by atoms with E-state index < -0.39 is 5.97 Å². The van der Waals surface area contributed by atoms with E-state index in [1.54, 1.807) is 26.0 Å². The summed E-state index contributed by atoms with van der Waals surface area (Å²) in [6.07, 6.45) is 0.410. The van der Waals surface area contributed by atoms with Crippen molar-refractivity contribution < 1.29 is 19.1 Å². The Labute approximate surface area is 128 Å². The minimum absolute atomic E-state index is 0.0136. The standard InChI is InChI=1S/C13H14Br2O4/c1-3-8(16)7-19-12-10(14)6-5-9(11(12)15)13(17)18-4-2/h5-6H,3-4,7H2,1-2H3. The lowest BCUT2D eigenvalue weighted by molar-refractivity contribution is -0.120. The molecular weight excluding hydrogens is 380 g/mol. The third kappa shape index (κ3) is 4.31. The van der Waals surface area contributed by atoms with Gasteiger partial charge in [0.05, 0.1) is 21.1 Å². The van der Waals surface area contributed by atoms with Crippen LogP contribution in [0.1, 0.15) is 30.6 Å². The molecular formula is C13H14Br2O4. The second kappa shape index (κ2) is 7.65. The van der Waals surface area contributed by atoms with Crippen LogP contribution in [0.3, 0.4) is 0 Å². The van der Waals surface area contributed by atoms with Crippen LogP contribution in [0.5, 0.6) is 5.75 Å². The van der Waals surface area contributed by atoms with Crippen molar-refractivity contribution in [3.05, 3.63) is 26.6 Å². The van der Waals surface area contributed by atoms with Crippen molar-refractivity contribution in [1.82, 2.24) is 0 Å². The lowest BCUT2D eigenvalue weighted by atomic mass is 10.2. The number of hydrogen-bond donors (Lipinski definition) is 0. The first-order valence-electron chi connectivity index (χ1n) is 5.80. The van der Waals surface area contributed by atoms with Gasteiger partial charge in [-0.2, -0.15) is 0 Å². The summed E-state index contributed by atoms with van der Waals surface area (Å²) in [7, 11) is 0. The number of Topliss-reactive ketones (excluding diaryl/α,β-unsaturated/α-hetero) is 1. The van der Waals surface area contributed by atoms with Crippen LogP contribution >= 0.6 is 31.9 Å². The van der Waals surface area contributed by atoms with E-state index >= 15 is 0 Å². The molecule has 0 unspecified atom stereocenters. The van der Waals surface area contributed by atoms with Gasteiger partial charge in [-0.25, -0.2) is 4.79 Å². The Morgan fingerprint density at radius 1 is 1.21 bits per heavy atom. The second-order valence-corrected chi connectivity index (χ2v) is 5.29. The highest BCUT2D eigenvalue weighted by Crippen LogP contribution is 2.36. The zero-order chi connectivity index (χ0) is 14.4. The van der Waals surface area contributed by atoms with Gasteiger partial charge < -0.3 is 9.47 Å². The lowest BCUT2D eigenvalue weighted by Gasteiger charge is -2.12. The van der Waals surface area contributed by atoms with Crippen molar-refractivity contribution in [3.63, 3.8) is 0 Å². The third-order valence-corrected chi connectivity index (χ3v) is 3.73. The Morgan fingerprint density at radius 3 is 2.47 bits per heavy atom. The molecule has 0 saturated heterocycles. The maximum Gasteiger partial charge on any atom is 0.339 e. The normalized spacial score (nSPS) is 10.1. The molecule has 0 atom stereocenters. The van der Waals surface area contributed by atoms with Gasteiger partial charge in [0, 0.05) is 6.42 Å². The molecule has 0 radical (unpaired) electrons. The monoisotopic (exact) mass is 392 g/mol. The number of hydrogen-bond acceptors (Lipinski definition) is 4. The minimum atomic E-state index is -0.437. The van der Waals surface area contributed by atoms with E-state index in [2.05, 4.69) is 31.9 Å². The van der Waals surface area contributed by atoms with Crippen LogP contribution in [0.4, 0.5) is 0 Å². The summed E-state index contributed by atoms with van der Waals surface area (Å²) in [5.74, 6) is -0.0266. The predicted molar refractivity (Wildman–Crippen MR) is 78.6 cm³/mol. The molecule has 6 heteroatoms. The fourth-order valence-corrected chi connectivity index (χ4v) is 2.62. The molecule has 1 aromatic rings. The quantitative estimate of drug-likeness (QED) is 0.690. The Morgan fingerprint density at radius 2 is 1.89 bits per heavy atom. The summed E-state index contributed by atoms with van der Waals surface area (Å²) < 4.78 is 11.5. The topological polar surface area (TPSA) is 52.6 Å². The highest BCUT2D eigenvalue weighted by molar-refractivity contribution is 9.11. The van der Waals surface area contributed by atoms with E-state index in [-0.39, 0.29) is 12.4 Å². The fourth-order valence-electron chi connectivity index (χ4n) is 1.29. The van der Waals surface area contributed by atoms with Crippen molar-refractivity contribution >= 4 is 43.6 Å². The number of carbonyl (C=O) groups excluding carboxylic acids is 2. The van der Waals surface area contributed by atoms with Gasteiger partial charge in [-0.05, 0) is 50.9 Å². The molecule has 0 spiro atoms. The van der Waals surface area contributed by atoms with E-state index in [1.165, 1.54) is 0 Å². The molecule has 0 aliphatic heterocycles. The summed E-state index contributed by atoms with van der Waals surface area (Å²) in [5.41, 5.74) is 0.365. The number of halogens is 2. The molecule has 0 N–H and O–H groups in total. The smallest absolute Gasteiger partial charge is 0.339 e. The third-order valence-electron chi connectivity index (χ3n) is 2.32. The molecule has 0 aromatic heterocycles. The first-order valence-corrected chi connectivity index (χ1v) is 7.39. The Kier molecular flexibility index (Phi) is 6.51. The van der Waals surface area contributed by atoms with Gasteiger partial charge in [-0.3, -0.25) is 4.79 Å². The Bertz CT molecular complexity index is 486. The maximum absolute atomic E-state index is 11.7. The molecule has 0 bridgehead atoms. The van der Waals surface area contributed by atoms with Crippen LogP contribution in [0.15, 0.2) is 21.1 Å². The van der Waals surface area contributed by atoms with Gasteiger partial charge in [-0.15, -0.1) is 0 Å². The van der Waals surface area contributed by atoms with E-state index in [1.807, 2.05) is 0 Å². The van der Waals surface area contributed by atoms with Crippen molar-refractivity contribution in [3.8, 4) is 5.75 Å². The first kappa shape index (κ1) is 16.2. The summed E-state index contributed by atoms with van der Waals surface area (Å²) in [6.45, 7) is 3.78. The van der Waals surface area contributed by atoms with Gasteiger partial charge in [0.2, 0.25) is 0 Å². The number of carbonyl (C=O) groups is 2. The van der Waals surface area contributed by atoms with E-state index in [9.17, 15) is 9.59 Å². The Balaban J connectivity index is 3.00. The molecule has 19 heavy (non-hydrogen) atoms. The molecule has 0 heterocycles. The summed E-state index contributed by atoms with van der Waals surface area (Å²) in [5, 5.41) is 0. The van der Waals surface area contributed by atoms with Crippen LogP contribution < -0.4 is 4.74 Å². The van der Waals surface area contributed by atoms with Crippen molar-refractivity contribution in [2.45, 2.75) is 20.3 Å². The first-order chi connectivity index (χ1) is 9.01. The molecule has 0 aliphatic carbocycles. The van der Waals surface area contributed by atoms with E-state index in [4.69, 9.17) is 9.47 Å². The molecule has 104 valence electrons. The zero-order valence-corrected chi connectivity index (χ0v) is 13.8. The molecule has 0 amide bonds. The minimum Gasteiger partial charge on any atom is -0.483 e. The van der Waals surface area contributed by atoms with Gasteiger partial charge in [0.15, 0.2) is 5.78 Å². The number of benzene rings is 1. The SMILES string of the molecule is CCOC(=O)c1ccc(Br)c(OCC(=O)CC)c1Br. The number of ether oxygens (including phenoxy) is 2. The average molecular weight is 394 g/mol. The van der Waals surface area contributed by atoms with Gasteiger partial charge in [0.25, 0.3) is 0 Å². The molecule has 1 aromatic carbocycles. The van der Waals surface area contributed by atoms with E-state index in [0.29, 0.717) is 33.3 Å². The largest absolute Gasteiger partial charge is 0.483 e. The Hall–Kier alpha value is -0.880. The zero-order valence-electron chi connectivity index (χ0n) is 10.7. The van der Waals surface area contributed by atoms with Crippen LogP contribution in [0, 0.1) is 0 Å². The van der Waals surface area contributed by atoms with Gasteiger partial charge in [0.1, 0.15) is 12.4 Å². The van der Waals surface area contributed by atoms with Crippen LogP contribution in [0.25, 0.3) is 0 Å². The molecule has 4 nitrogen and oxygen atoms in total. The highest BCUT2D eigenvalue weighted by Gasteiger charge is 2.18. The summed E-state index contributed by atoms with van der Waals surface area (Å²) >= 11 is 6.63. The van der Waals surface area contributed by atoms with Crippen molar-refractivity contribution in [2.75, 3.05) is 13.2 Å². The maximum atomic E-state index is 11.7. The second-order valence-electron chi connectivity index (χ2n) is 3.64. The van der Waals surface area contributed by atoms with Crippen molar-refractivity contribution in [2.24, 2.45) is 0 Å². The number of rotatable bonds is 6. The van der Waals surface area contributed by atoms with Gasteiger partial charge >= 0.3 is 5.97 Å². The van der Waals surface area contributed by atoms with Crippen molar-refractivity contribution in [1.29, 1.82) is 0 Å². The van der Waals surface area contributed by atoms with Crippen LogP contribution in [-0.4, -0.2) is 25.0 Å². The van der Waals surface area contributed by atoms with Crippen LogP contribution in [0.2, 0.25) is 0 Å². The summed E-state index contributed by atoms with van der Waals surface area (Å²) in [6, 6.07) is 3.31. The summed E-state index contributed by atoms with van der Waals surface area (Å²) in [4.78, 5) is 23.0. The predicted octanol–water partition coefficient (Wildman–Crippen LogP) is 3.75. The number of ketones is 1. The molecule has 0 saturated carbocycles. The molecule has 0 aliphatic rings. The molecule has 1 rings (SSSR count). The average Bonchev–Trinajstić information content (AvgIpc) is 2.38.